The molecule has 0 aliphatic heterocycles. The van der Waals surface area contributed by atoms with Crippen LogP contribution in [-0.2, 0) is 13.0 Å². The molecule has 2 aromatic carbocycles. The van der Waals surface area contributed by atoms with Crippen LogP contribution in [0.2, 0.25) is 0 Å². The van der Waals surface area contributed by atoms with Gasteiger partial charge in [0, 0.05) is 12.6 Å². The fourth-order valence-corrected chi connectivity index (χ4v) is 2.00. The average Bonchev–Trinajstić information content (AvgIpc) is 2.47. The lowest BCUT2D eigenvalue weighted by Crippen LogP contribution is -1.97. The number of ether oxygens (including phenoxy) is 2. The topological polar surface area (TPSA) is 44.5 Å². The van der Waals surface area contributed by atoms with Crippen LogP contribution in [0.4, 0.5) is 0 Å². The molecule has 0 bridgehead atoms. The fourth-order valence-electron chi connectivity index (χ4n) is 2.00. The maximum Gasteiger partial charge on any atom is 0.122 e. The number of methoxy groups -OCH3 is 2. The summed E-state index contributed by atoms with van der Waals surface area (Å²) in [5.74, 6) is 1.63. The van der Waals surface area contributed by atoms with Crippen LogP contribution in [0.25, 0.3) is 0 Å². The molecule has 2 N–H and O–H groups in total. The third-order valence-corrected chi connectivity index (χ3v) is 3.08. The Balaban J connectivity index is 2.21. The van der Waals surface area contributed by atoms with Crippen molar-refractivity contribution in [1.82, 2.24) is 0 Å². The van der Waals surface area contributed by atoms with Crippen molar-refractivity contribution in [3.8, 4) is 11.5 Å². The predicted octanol–water partition coefficient (Wildman–Crippen LogP) is 2.75. The SMILES string of the molecule is COc1cc(Cc2ccc(CN)cc2)cc(OC)c1. The van der Waals surface area contributed by atoms with E-state index >= 15 is 0 Å². The van der Waals surface area contributed by atoms with Crippen molar-refractivity contribution in [3.63, 3.8) is 0 Å². The van der Waals surface area contributed by atoms with E-state index in [2.05, 4.69) is 24.3 Å². The summed E-state index contributed by atoms with van der Waals surface area (Å²) in [6.45, 7) is 0.577. The summed E-state index contributed by atoms with van der Waals surface area (Å²) in [5.41, 5.74) is 9.15. The highest BCUT2D eigenvalue weighted by Gasteiger charge is 2.03. The highest BCUT2D eigenvalue weighted by atomic mass is 16.5. The smallest absolute Gasteiger partial charge is 0.122 e. The van der Waals surface area contributed by atoms with Gasteiger partial charge in [0.05, 0.1) is 14.2 Å². The standard InChI is InChI=1S/C16H19NO2/c1-18-15-8-14(9-16(10-15)19-2)7-12-3-5-13(11-17)6-4-12/h3-6,8-10H,7,11,17H2,1-2H3. The molecular formula is C16H19NO2. The van der Waals surface area contributed by atoms with E-state index < -0.39 is 0 Å². The van der Waals surface area contributed by atoms with E-state index in [1.807, 2.05) is 18.2 Å². The first-order valence-corrected chi connectivity index (χ1v) is 6.25. The van der Waals surface area contributed by atoms with Crippen LogP contribution in [0, 0.1) is 0 Å². The maximum absolute atomic E-state index is 5.60. The van der Waals surface area contributed by atoms with E-state index in [0.29, 0.717) is 6.54 Å². The van der Waals surface area contributed by atoms with E-state index in [0.717, 1.165) is 29.0 Å². The molecule has 2 aromatic rings. The average molecular weight is 257 g/mol. The molecule has 0 fully saturated rings. The van der Waals surface area contributed by atoms with Gasteiger partial charge in [-0.05, 0) is 35.2 Å². The second kappa shape index (κ2) is 6.25. The summed E-state index contributed by atoms with van der Waals surface area (Å²) in [7, 11) is 3.32. The van der Waals surface area contributed by atoms with Crippen molar-refractivity contribution in [2.24, 2.45) is 5.73 Å². The highest BCUT2D eigenvalue weighted by Crippen LogP contribution is 2.24. The molecule has 2 rings (SSSR count). The quantitative estimate of drug-likeness (QED) is 0.895. The van der Waals surface area contributed by atoms with Gasteiger partial charge in [-0.3, -0.25) is 0 Å². The Kier molecular flexibility index (Phi) is 4.42. The number of hydrogen-bond donors (Lipinski definition) is 1. The van der Waals surface area contributed by atoms with Crippen LogP contribution in [0.5, 0.6) is 11.5 Å². The molecule has 0 atom stereocenters. The Labute approximate surface area is 114 Å². The Morgan fingerprint density at radius 1 is 0.789 bits per heavy atom. The summed E-state index contributed by atoms with van der Waals surface area (Å²) in [6.07, 6.45) is 0.846. The monoisotopic (exact) mass is 257 g/mol. The van der Waals surface area contributed by atoms with Gasteiger partial charge in [0.2, 0.25) is 0 Å². The molecule has 100 valence electrons. The normalized spacial score (nSPS) is 10.3. The van der Waals surface area contributed by atoms with Gasteiger partial charge >= 0.3 is 0 Å². The van der Waals surface area contributed by atoms with E-state index in [1.54, 1.807) is 14.2 Å². The third kappa shape index (κ3) is 3.48. The first-order valence-electron chi connectivity index (χ1n) is 6.25. The molecule has 0 unspecified atom stereocenters. The van der Waals surface area contributed by atoms with Crippen molar-refractivity contribution in [2.75, 3.05) is 14.2 Å². The summed E-state index contributed by atoms with van der Waals surface area (Å²) < 4.78 is 10.6. The summed E-state index contributed by atoms with van der Waals surface area (Å²) in [6, 6.07) is 14.3. The second-order valence-electron chi connectivity index (χ2n) is 4.42. The van der Waals surface area contributed by atoms with Gasteiger partial charge in [0.15, 0.2) is 0 Å². The number of hydrogen-bond acceptors (Lipinski definition) is 3. The Morgan fingerprint density at radius 3 is 1.79 bits per heavy atom. The van der Waals surface area contributed by atoms with Crippen molar-refractivity contribution in [1.29, 1.82) is 0 Å². The third-order valence-electron chi connectivity index (χ3n) is 3.08. The van der Waals surface area contributed by atoms with Gasteiger partial charge in [0.25, 0.3) is 0 Å². The summed E-state index contributed by atoms with van der Waals surface area (Å²) in [5, 5.41) is 0. The molecule has 0 amide bonds. The summed E-state index contributed by atoms with van der Waals surface area (Å²) >= 11 is 0. The van der Waals surface area contributed by atoms with Crippen LogP contribution < -0.4 is 15.2 Å². The minimum Gasteiger partial charge on any atom is -0.497 e. The van der Waals surface area contributed by atoms with Crippen molar-refractivity contribution in [3.05, 3.63) is 59.2 Å². The van der Waals surface area contributed by atoms with E-state index in [4.69, 9.17) is 15.2 Å². The molecule has 0 saturated heterocycles. The minimum atomic E-state index is 0.577. The van der Waals surface area contributed by atoms with Crippen LogP contribution in [0.3, 0.4) is 0 Å². The molecule has 0 heterocycles. The highest BCUT2D eigenvalue weighted by molar-refractivity contribution is 5.40. The molecule has 19 heavy (non-hydrogen) atoms. The lowest BCUT2D eigenvalue weighted by Gasteiger charge is -2.09. The van der Waals surface area contributed by atoms with E-state index in [1.165, 1.54) is 5.56 Å². The van der Waals surface area contributed by atoms with Crippen molar-refractivity contribution in [2.45, 2.75) is 13.0 Å². The van der Waals surface area contributed by atoms with Gasteiger partial charge in [-0.25, -0.2) is 0 Å². The van der Waals surface area contributed by atoms with Gasteiger partial charge in [-0.15, -0.1) is 0 Å². The Morgan fingerprint density at radius 2 is 1.32 bits per heavy atom. The predicted molar refractivity (Wildman–Crippen MR) is 76.7 cm³/mol. The molecule has 3 heteroatoms. The van der Waals surface area contributed by atoms with Crippen LogP contribution >= 0.6 is 0 Å². The zero-order valence-corrected chi connectivity index (χ0v) is 11.3. The zero-order valence-electron chi connectivity index (χ0n) is 11.3. The number of nitrogens with two attached hydrogens (primary N) is 1. The Bertz CT molecular complexity index is 513. The zero-order chi connectivity index (χ0) is 13.7. The minimum absolute atomic E-state index is 0.577. The number of benzene rings is 2. The second-order valence-corrected chi connectivity index (χ2v) is 4.42. The molecule has 0 saturated carbocycles. The van der Waals surface area contributed by atoms with Crippen LogP contribution in [0.15, 0.2) is 42.5 Å². The van der Waals surface area contributed by atoms with Gasteiger partial charge in [-0.2, -0.15) is 0 Å². The summed E-state index contributed by atoms with van der Waals surface area (Å²) in [4.78, 5) is 0. The van der Waals surface area contributed by atoms with Crippen molar-refractivity contribution >= 4 is 0 Å². The lowest BCUT2D eigenvalue weighted by atomic mass is 10.0. The maximum atomic E-state index is 5.60. The largest absolute Gasteiger partial charge is 0.497 e. The van der Waals surface area contributed by atoms with E-state index in [9.17, 15) is 0 Å². The molecule has 0 aliphatic rings. The van der Waals surface area contributed by atoms with Gasteiger partial charge in [0.1, 0.15) is 11.5 Å². The molecule has 3 nitrogen and oxygen atoms in total. The molecule has 0 aliphatic carbocycles. The van der Waals surface area contributed by atoms with Crippen molar-refractivity contribution < 1.29 is 9.47 Å². The first-order chi connectivity index (χ1) is 9.25. The van der Waals surface area contributed by atoms with Crippen LogP contribution in [-0.4, -0.2) is 14.2 Å². The lowest BCUT2D eigenvalue weighted by molar-refractivity contribution is 0.393. The molecule has 0 aromatic heterocycles. The first kappa shape index (κ1) is 13.4. The molecule has 0 radical (unpaired) electrons. The van der Waals surface area contributed by atoms with Crippen LogP contribution in [0.1, 0.15) is 16.7 Å². The van der Waals surface area contributed by atoms with E-state index in [-0.39, 0.29) is 0 Å². The number of rotatable bonds is 5. The molecule has 0 spiro atoms. The molecular weight excluding hydrogens is 238 g/mol. The Hall–Kier alpha value is -2.00. The fraction of sp³-hybridized carbons (Fsp3) is 0.250. The van der Waals surface area contributed by atoms with Gasteiger partial charge < -0.3 is 15.2 Å². The van der Waals surface area contributed by atoms with Gasteiger partial charge in [-0.1, -0.05) is 24.3 Å².